The molecule has 1 amide bonds. The van der Waals surface area contributed by atoms with Crippen molar-refractivity contribution in [3.8, 4) is 17.2 Å². The van der Waals surface area contributed by atoms with Crippen LogP contribution in [0.5, 0.6) is 17.2 Å². The summed E-state index contributed by atoms with van der Waals surface area (Å²) >= 11 is 0. The van der Waals surface area contributed by atoms with Gasteiger partial charge in [-0.3, -0.25) is 4.79 Å². The average Bonchev–Trinajstić information content (AvgIpc) is 2.69. The molecule has 1 spiro atoms. The fourth-order valence-electron chi connectivity index (χ4n) is 4.28. The summed E-state index contributed by atoms with van der Waals surface area (Å²) in [4.78, 5) is 14.7. The summed E-state index contributed by atoms with van der Waals surface area (Å²) in [5.74, 6) is 2.05. The van der Waals surface area contributed by atoms with Crippen molar-refractivity contribution in [1.29, 1.82) is 0 Å². The molecule has 26 heavy (non-hydrogen) atoms. The van der Waals surface area contributed by atoms with Gasteiger partial charge in [0.05, 0.1) is 27.4 Å². The number of hydrogen-bond donors (Lipinski definition) is 1. The number of carbonyl (C=O) groups excluding carboxylic acids is 1. The van der Waals surface area contributed by atoms with Crippen LogP contribution in [0.2, 0.25) is 0 Å². The molecule has 2 fully saturated rings. The Kier molecular flexibility index (Phi) is 5.61. The molecule has 1 aromatic carbocycles. The van der Waals surface area contributed by atoms with Crippen molar-refractivity contribution in [2.45, 2.75) is 38.6 Å². The van der Waals surface area contributed by atoms with Crippen LogP contribution in [0.3, 0.4) is 0 Å². The summed E-state index contributed by atoms with van der Waals surface area (Å²) in [7, 11) is 4.82. The molecule has 0 unspecified atom stereocenters. The predicted molar refractivity (Wildman–Crippen MR) is 100.0 cm³/mol. The molecular formula is C20H30N2O4. The molecule has 144 valence electrons. The Morgan fingerprint density at radius 2 is 1.65 bits per heavy atom. The first-order valence-corrected chi connectivity index (χ1v) is 9.33. The molecule has 2 aliphatic heterocycles. The van der Waals surface area contributed by atoms with Gasteiger partial charge < -0.3 is 24.4 Å². The SMILES string of the molecule is COc1cc([C@@H](C)N2CC3(CCNCC3)CCC2=O)cc(OC)c1OC. The van der Waals surface area contributed by atoms with Crippen molar-refractivity contribution in [2.75, 3.05) is 41.0 Å². The lowest BCUT2D eigenvalue weighted by Crippen LogP contribution is -2.51. The van der Waals surface area contributed by atoms with E-state index in [9.17, 15) is 4.79 Å². The highest BCUT2D eigenvalue weighted by atomic mass is 16.5. The van der Waals surface area contributed by atoms with Gasteiger partial charge in [0.15, 0.2) is 11.5 Å². The van der Waals surface area contributed by atoms with Crippen LogP contribution < -0.4 is 19.5 Å². The number of nitrogens with zero attached hydrogens (tertiary/aromatic N) is 1. The molecule has 0 bridgehead atoms. The molecule has 2 aliphatic rings. The normalized spacial score (nSPS) is 20.8. The third-order valence-electron chi connectivity index (χ3n) is 6.00. The summed E-state index contributed by atoms with van der Waals surface area (Å²) in [5, 5.41) is 3.44. The third-order valence-corrected chi connectivity index (χ3v) is 6.00. The minimum absolute atomic E-state index is 0.0386. The number of carbonyl (C=O) groups is 1. The molecule has 6 nitrogen and oxygen atoms in total. The van der Waals surface area contributed by atoms with Crippen LogP contribution >= 0.6 is 0 Å². The van der Waals surface area contributed by atoms with E-state index in [1.165, 1.54) is 0 Å². The van der Waals surface area contributed by atoms with Gasteiger partial charge in [-0.05, 0) is 62.4 Å². The Hall–Kier alpha value is -1.95. The highest BCUT2D eigenvalue weighted by Gasteiger charge is 2.41. The molecule has 0 aliphatic carbocycles. The first-order chi connectivity index (χ1) is 12.5. The molecular weight excluding hydrogens is 332 g/mol. The van der Waals surface area contributed by atoms with Crippen molar-refractivity contribution in [2.24, 2.45) is 5.41 Å². The minimum Gasteiger partial charge on any atom is -0.493 e. The number of piperidine rings is 2. The second-order valence-electron chi connectivity index (χ2n) is 7.41. The van der Waals surface area contributed by atoms with Crippen LogP contribution in [0.15, 0.2) is 12.1 Å². The van der Waals surface area contributed by atoms with Crippen LogP contribution in [0, 0.1) is 5.41 Å². The Bertz CT molecular complexity index is 630. The van der Waals surface area contributed by atoms with E-state index in [1.807, 2.05) is 17.0 Å². The smallest absolute Gasteiger partial charge is 0.223 e. The number of hydrogen-bond acceptors (Lipinski definition) is 5. The summed E-state index contributed by atoms with van der Waals surface area (Å²) in [5.41, 5.74) is 1.26. The largest absolute Gasteiger partial charge is 0.493 e. The standard InChI is InChI=1S/C20H30N2O4/c1-14(15-11-16(24-2)19(26-4)17(12-15)25-3)22-13-20(6-5-18(22)23)7-9-21-10-8-20/h11-12,14,21H,5-10,13H2,1-4H3/t14-/m1/s1. The number of methoxy groups -OCH3 is 3. The molecule has 0 saturated carbocycles. The van der Waals surface area contributed by atoms with Gasteiger partial charge in [-0.15, -0.1) is 0 Å². The van der Waals surface area contributed by atoms with E-state index in [1.54, 1.807) is 21.3 Å². The Balaban J connectivity index is 1.89. The Labute approximate surface area is 155 Å². The van der Waals surface area contributed by atoms with Crippen LogP contribution in [0.4, 0.5) is 0 Å². The first-order valence-electron chi connectivity index (χ1n) is 9.33. The monoisotopic (exact) mass is 362 g/mol. The van der Waals surface area contributed by atoms with Gasteiger partial charge in [0, 0.05) is 13.0 Å². The van der Waals surface area contributed by atoms with Gasteiger partial charge in [-0.2, -0.15) is 0 Å². The van der Waals surface area contributed by atoms with Gasteiger partial charge in [0.1, 0.15) is 0 Å². The molecule has 1 aromatic rings. The number of benzene rings is 1. The fourth-order valence-corrected chi connectivity index (χ4v) is 4.28. The van der Waals surface area contributed by atoms with Gasteiger partial charge in [0.25, 0.3) is 0 Å². The molecule has 3 rings (SSSR count). The number of likely N-dealkylation sites (tertiary alicyclic amines) is 1. The second-order valence-corrected chi connectivity index (χ2v) is 7.41. The van der Waals surface area contributed by atoms with Gasteiger partial charge in [0.2, 0.25) is 11.7 Å². The number of amides is 1. The zero-order chi connectivity index (χ0) is 18.7. The van der Waals surface area contributed by atoms with Crippen molar-refractivity contribution in [1.82, 2.24) is 10.2 Å². The van der Waals surface area contributed by atoms with Crippen molar-refractivity contribution in [3.05, 3.63) is 17.7 Å². The average molecular weight is 362 g/mol. The Morgan fingerprint density at radius 3 is 2.19 bits per heavy atom. The van der Waals surface area contributed by atoms with Crippen LogP contribution in [0.1, 0.15) is 44.2 Å². The van der Waals surface area contributed by atoms with E-state index in [2.05, 4.69) is 12.2 Å². The van der Waals surface area contributed by atoms with E-state index < -0.39 is 0 Å². The maximum absolute atomic E-state index is 12.7. The first kappa shape index (κ1) is 18.8. The van der Waals surface area contributed by atoms with Crippen LogP contribution in [-0.4, -0.2) is 51.8 Å². The number of nitrogens with one attached hydrogen (secondary N) is 1. The third kappa shape index (κ3) is 3.47. The molecule has 6 heteroatoms. The topological polar surface area (TPSA) is 60.0 Å². The zero-order valence-electron chi connectivity index (χ0n) is 16.3. The van der Waals surface area contributed by atoms with Crippen LogP contribution in [-0.2, 0) is 4.79 Å². The molecule has 2 heterocycles. The van der Waals surface area contributed by atoms with E-state index in [0.717, 1.165) is 44.5 Å². The van der Waals surface area contributed by atoms with E-state index >= 15 is 0 Å². The molecule has 1 N–H and O–H groups in total. The fraction of sp³-hybridized carbons (Fsp3) is 0.650. The summed E-state index contributed by atoms with van der Waals surface area (Å²) in [6, 6.07) is 3.86. The zero-order valence-corrected chi connectivity index (χ0v) is 16.3. The Morgan fingerprint density at radius 1 is 1.04 bits per heavy atom. The van der Waals surface area contributed by atoms with Crippen LogP contribution in [0.25, 0.3) is 0 Å². The summed E-state index contributed by atoms with van der Waals surface area (Å²) in [6.07, 6.45) is 3.91. The van der Waals surface area contributed by atoms with E-state index in [0.29, 0.717) is 23.7 Å². The number of rotatable bonds is 5. The summed E-state index contributed by atoms with van der Waals surface area (Å²) < 4.78 is 16.4. The maximum Gasteiger partial charge on any atom is 0.223 e. The predicted octanol–water partition coefficient (Wildman–Crippen LogP) is 2.77. The molecule has 0 aromatic heterocycles. The number of ether oxygens (including phenoxy) is 3. The molecule has 0 radical (unpaired) electrons. The van der Waals surface area contributed by atoms with Crippen molar-refractivity contribution in [3.63, 3.8) is 0 Å². The highest BCUT2D eigenvalue weighted by molar-refractivity contribution is 5.78. The van der Waals surface area contributed by atoms with Gasteiger partial charge >= 0.3 is 0 Å². The quantitative estimate of drug-likeness (QED) is 0.873. The van der Waals surface area contributed by atoms with E-state index in [4.69, 9.17) is 14.2 Å². The summed E-state index contributed by atoms with van der Waals surface area (Å²) in [6.45, 7) is 4.99. The lowest BCUT2D eigenvalue weighted by Gasteiger charge is -2.47. The van der Waals surface area contributed by atoms with Gasteiger partial charge in [-0.25, -0.2) is 0 Å². The lowest BCUT2D eigenvalue weighted by atomic mass is 9.72. The van der Waals surface area contributed by atoms with E-state index in [-0.39, 0.29) is 17.4 Å². The van der Waals surface area contributed by atoms with Crippen molar-refractivity contribution >= 4 is 5.91 Å². The molecule has 2 saturated heterocycles. The minimum atomic E-state index is -0.0386. The van der Waals surface area contributed by atoms with Gasteiger partial charge in [-0.1, -0.05) is 0 Å². The highest BCUT2D eigenvalue weighted by Crippen LogP contribution is 2.44. The maximum atomic E-state index is 12.7. The second kappa shape index (κ2) is 7.74. The lowest BCUT2D eigenvalue weighted by molar-refractivity contribution is -0.141. The van der Waals surface area contributed by atoms with Crippen molar-refractivity contribution < 1.29 is 19.0 Å². The molecule has 1 atom stereocenters.